The molecule has 3 aromatic rings. The molecule has 0 aliphatic rings. The Morgan fingerprint density at radius 1 is 1.14 bits per heavy atom. The van der Waals surface area contributed by atoms with Crippen LogP contribution in [0.15, 0.2) is 47.4 Å². The van der Waals surface area contributed by atoms with Crippen LogP contribution >= 0.6 is 22.9 Å². The molecule has 0 saturated heterocycles. The number of anilines is 1. The number of rotatable bonds is 7. The molecule has 2 aromatic carbocycles. The van der Waals surface area contributed by atoms with E-state index in [0.29, 0.717) is 34.0 Å². The second-order valence-electron chi connectivity index (χ2n) is 5.93. The number of nitrogens with one attached hydrogen (secondary N) is 1. The van der Waals surface area contributed by atoms with E-state index >= 15 is 0 Å². The predicted octanol–water partition coefficient (Wildman–Crippen LogP) is 3.78. The summed E-state index contributed by atoms with van der Waals surface area (Å²) in [7, 11) is -3.84. The summed E-state index contributed by atoms with van der Waals surface area (Å²) >= 11 is 7.11. The van der Waals surface area contributed by atoms with Gasteiger partial charge in [0.1, 0.15) is 5.01 Å². The van der Waals surface area contributed by atoms with Gasteiger partial charge >= 0.3 is 5.97 Å². The summed E-state index contributed by atoms with van der Waals surface area (Å²) in [6, 6.07) is 11.4. The fraction of sp³-hybridized carbons (Fsp3) is 0.167. The van der Waals surface area contributed by atoms with Crippen molar-refractivity contribution in [3.63, 3.8) is 0 Å². The summed E-state index contributed by atoms with van der Waals surface area (Å²) in [6.07, 6.45) is 0.900. The average molecular weight is 438 g/mol. The Kier molecular flexibility index (Phi) is 5.97. The van der Waals surface area contributed by atoms with Crippen molar-refractivity contribution in [2.75, 3.05) is 4.72 Å². The van der Waals surface area contributed by atoms with Crippen LogP contribution in [0.4, 0.5) is 5.13 Å². The third-order valence-electron chi connectivity index (χ3n) is 4.05. The molecule has 10 heteroatoms. The normalized spacial score (nSPS) is 11.4. The van der Waals surface area contributed by atoms with E-state index < -0.39 is 16.0 Å². The standard InChI is InChI=1S/C18H16ClN3O4S2/c1-11-14(19)7-4-8-15(11)28(25,26)22-18-21-20-16(27-18)10-9-12-5-2-3-6-13(12)17(23)24/h2-8H,9-10H2,1H3,(H,21,22)(H,23,24). The van der Waals surface area contributed by atoms with Crippen LogP contribution in [0.25, 0.3) is 0 Å². The number of halogens is 1. The van der Waals surface area contributed by atoms with E-state index in [1.165, 1.54) is 6.07 Å². The number of benzene rings is 2. The Morgan fingerprint density at radius 2 is 1.89 bits per heavy atom. The highest BCUT2D eigenvalue weighted by Gasteiger charge is 2.20. The third-order valence-corrected chi connectivity index (χ3v) is 6.97. The Bertz CT molecular complexity index is 1130. The van der Waals surface area contributed by atoms with E-state index in [-0.39, 0.29) is 15.6 Å². The third kappa shape index (κ3) is 4.49. The monoisotopic (exact) mass is 437 g/mol. The SMILES string of the molecule is Cc1c(Cl)cccc1S(=O)(=O)Nc1nnc(CCc2ccccc2C(=O)O)s1. The number of carbonyl (C=O) groups is 1. The van der Waals surface area contributed by atoms with Crippen LogP contribution in [-0.4, -0.2) is 29.7 Å². The van der Waals surface area contributed by atoms with Crippen molar-refractivity contribution in [3.05, 3.63) is 69.2 Å². The lowest BCUT2D eigenvalue weighted by Gasteiger charge is -2.08. The van der Waals surface area contributed by atoms with E-state index in [0.717, 1.165) is 11.3 Å². The number of aryl methyl sites for hydroxylation is 2. The number of aromatic carboxylic acids is 1. The Morgan fingerprint density at radius 3 is 2.64 bits per heavy atom. The fourth-order valence-corrected chi connectivity index (χ4v) is 5.10. The predicted molar refractivity (Wildman–Crippen MR) is 108 cm³/mol. The zero-order valence-corrected chi connectivity index (χ0v) is 17.1. The van der Waals surface area contributed by atoms with Gasteiger partial charge in [-0.25, -0.2) is 13.2 Å². The number of sulfonamides is 1. The lowest BCUT2D eigenvalue weighted by molar-refractivity contribution is 0.0695. The van der Waals surface area contributed by atoms with E-state index in [1.54, 1.807) is 43.3 Å². The van der Waals surface area contributed by atoms with Crippen LogP contribution in [-0.2, 0) is 22.9 Å². The Labute approximate surface area is 171 Å². The number of aromatic nitrogens is 2. The first-order valence-electron chi connectivity index (χ1n) is 8.19. The van der Waals surface area contributed by atoms with Crippen LogP contribution in [0.3, 0.4) is 0 Å². The van der Waals surface area contributed by atoms with Gasteiger partial charge in [0, 0.05) is 11.4 Å². The molecule has 2 N–H and O–H groups in total. The molecule has 0 aliphatic carbocycles. The topological polar surface area (TPSA) is 109 Å². The quantitative estimate of drug-likeness (QED) is 0.582. The molecule has 0 fully saturated rings. The van der Waals surface area contributed by atoms with E-state index in [4.69, 9.17) is 11.6 Å². The molecule has 0 radical (unpaired) electrons. The lowest BCUT2D eigenvalue weighted by atomic mass is 10.0. The number of carboxylic acid groups (broad SMARTS) is 1. The molecule has 28 heavy (non-hydrogen) atoms. The summed E-state index contributed by atoms with van der Waals surface area (Å²) < 4.78 is 27.6. The van der Waals surface area contributed by atoms with Crippen LogP contribution in [0.1, 0.15) is 26.5 Å². The van der Waals surface area contributed by atoms with Gasteiger partial charge in [0.2, 0.25) is 5.13 Å². The highest BCUT2D eigenvalue weighted by atomic mass is 35.5. The molecule has 0 aliphatic heterocycles. The minimum atomic E-state index is -3.84. The van der Waals surface area contributed by atoms with E-state index in [1.807, 2.05) is 0 Å². The van der Waals surface area contributed by atoms with Gasteiger partial charge in [0.25, 0.3) is 10.0 Å². The van der Waals surface area contributed by atoms with Gasteiger partial charge in [-0.2, -0.15) is 0 Å². The zero-order chi connectivity index (χ0) is 20.3. The second-order valence-corrected chi connectivity index (χ2v) is 9.05. The Hall–Kier alpha value is -2.49. The maximum Gasteiger partial charge on any atom is 0.335 e. The lowest BCUT2D eigenvalue weighted by Crippen LogP contribution is -2.14. The first-order chi connectivity index (χ1) is 13.3. The molecular formula is C18H16ClN3O4S2. The average Bonchev–Trinajstić information content (AvgIpc) is 3.08. The molecule has 3 rings (SSSR count). The van der Waals surface area contributed by atoms with Crippen molar-refractivity contribution >= 4 is 44.1 Å². The number of nitrogens with zero attached hydrogens (tertiary/aromatic N) is 2. The van der Waals surface area contributed by atoms with Crippen molar-refractivity contribution in [1.82, 2.24) is 10.2 Å². The van der Waals surface area contributed by atoms with Crippen molar-refractivity contribution < 1.29 is 18.3 Å². The van der Waals surface area contributed by atoms with Crippen LogP contribution in [0.2, 0.25) is 5.02 Å². The summed E-state index contributed by atoms with van der Waals surface area (Å²) in [5.74, 6) is -0.988. The summed E-state index contributed by atoms with van der Waals surface area (Å²) in [5.41, 5.74) is 1.37. The second kappa shape index (κ2) is 8.26. The maximum absolute atomic E-state index is 12.6. The minimum Gasteiger partial charge on any atom is -0.478 e. The van der Waals surface area contributed by atoms with Crippen molar-refractivity contribution in [2.45, 2.75) is 24.7 Å². The first kappa shape index (κ1) is 20.2. The molecule has 0 unspecified atom stereocenters. The first-order valence-corrected chi connectivity index (χ1v) is 10.9. The minimum absolute atomic E-state index is 0.0761. The van der Waals surface area contributed by atoms with Gasteiger partial charge in [0.05, 0.1) is 10.5 Å². The highest BCUT2D eigenvalue weighted by Crippen LogP contribution is 2.26. The number of hydrogen-bond acceptors (Lipinski definition) is 6. The van der Waals surface area contributed by atoms with E-state index in [9.17, 15) is 18.3 Å². The number of carboxylic acids is 1. The fourth-order valence-electron chi connectivity index (χ4n) is 2.63. The molecule has 0 spiro atoms. The van der Waals surface area contributed by atoms with Gasteiger partial charge in [-0.05, 0) is 42.7 Å². The number of hydrogen-bond donors (Lipinski definition) is 2. The van der Waals surface area contributed by atoms with Crippen LogP contribution in [0.5, 0.6) is 0 Å². The van der Waals surface area contributed by atoms with Crippen LogP contribution < -0.4 is 4.72 Å². The molecule has 1 heterocycles. The zero-order valence-electron chi connectivity index (χ0n) is 14.7. The van der Waals surface area contributed by atoms with Crippen molar-refractivity contribution in [1.29, 1.82) is 0 Å². The molecule has 0 bridgehead atoms. The molecular weight excluding hydrogens is 422 g/mol. The molecule has 0 atom stereocenters. The molecule has 7 nitrogen and oxygen atoms in total. The summed E-state index contributed by atoms with van der Waals surface area (Å²) in [6.45, 7) is 1.63. The van der Waals surface area contributed by atoms with Crippen molar-refractivity contribution in [3.8, 4) is 0 Å². The van der Waals surface area contributed by atoms with Gasteiger partial charge in [0.15, 0.2) is 0 Å². The van der Waals surface area contributed by atoms with Crippen molar-refractivity contribution in [2.24, 2.45) is 0 Å². The van der Waals surface area contributed by atoms with Crippen LogP contribution in [0, 0.1) is 6.92 Å². The molecule has 0 amide bonds. The van der Waals surface area contributed by atoms with E-state index in [2.05, 4.69) is 14.9 Å². The summed E-state index contributed by atoms with van der Waals surface area (Å²) in [4.78, 5) is 11.3. The molecule has 146 valence electrons. The maximum atomic E-state index is 12.6. The molecule has 0 saturated carbocycles. The van der Waals surface area contributed by atoms with Gasteiger partial charge in [-0.3, -0.25) is 4.72 Å². The highest BCUT2D eigenvalue weighted by molar-refractivity contribution is 7.93. The summed E-state index contributed by atoms with van der Waals surface area (Å²) in [5, 5.41) is 18.2. The Balaban J connectivity index is 1.73. The smallest absolute Gasteiger partial charge is 0.335 e. The van der Waals surface area contributed by atoms with Gasteiger partial charge in [-0.15, -0.1) is 10.2 Å². The van der Waals surface area contributed by atoms with Gasteiger partial charge in [-0.1, -0.05) is 47.2 Å². The van der Waals surface area contributed by atoms with Gasteiger partial charge < -0.3 is 5.11 Å². The molecule has 1 aromatic heterocycles. The largest absolute Gasteiger partial charge is 0.478 e.